The number of ether oxygens (including phenoxy) is 1. The molecule has 1 heterocycles. The Balaban J connectivity index is 2.16. The van der Waals surface area contributed by atoms with Gasteiger partial charge in [0.05, 0.1) is 24.2 Å². The Bertz CT molecular complexity index is 720. The van der Waals surface area contributed by atoms with Crippen molar-refractivity contribution in [3.8, 4) is 5.75 Å². The van der Waals surface area contributed by atoms with Crippen molar-refractivity contribution >= 4 is 17.4 Å². The molecule has 0 saturated carbocycles. The van der Waals surface area contributed by atoms with Crippen molar-refractivity contribution < 1.29 is 18.3 Å². The number of urea groups is 1. The minimum Gasteiger partial charge on any atom is -0.491 e. The Hall–Kier alpha value is -2.64. The molecule has 2 rings (SSSR count). The van der Waals surface area contributed by atoms with E-state index in [1.807, 2.05) is 13.8 Å². The summed E-state index contributed by atoms with van der Waals surface area (Å²) in [6, 6.07) is 1.35. The number of methoxy groups -OCH3 is 1. The zero-order valence-electron chi connectivity index (χ0n) is 13.3. The molecule has 0 aliphatic carbocycles. The van der Waals surface area contributed by atoms with Gasteiger partial charge in [-0.05, 0) is 20.8 Å². The van der Waals surface area contributed by atoms with E-state index in [0.29, 0.717) is 17.9 Å². The highest BCUT2D eigenvalue weighted by molar-refractivity contribution is 6.00. The standard InChI is InChI=1S/C15H18F2N4O2/c1-5-21-9(3)13(8(2)20-21)19-15(22)18-10-6-11(16)14(23-4)12(17)7-10/h6-7H,5H2,1-4H3,(H2,18,19,22). The summed E-state index contributed by atoms with van der Waals surface area (Å²) in [5.41, 5.74) is 2.01. The van der Waals surface area contributed by atoms with E-state index < -0.39 is 23.4 Å². The lowest BCUT2D eigenvalue weighted by atomic mass is 10.2. The summed E-state index contributed by atoms with van der Waals surface area (Å²) >= 11 is 0. The van der Waals surface area contributed by atoms with Gasteiger partial charge in [-0.3, -0.25) is 4.68 Å². The summed E-state index contributed by atoms with van der Waals surface area (Å²) in [6.45, 7) is 6.20. The molecule has 1 aromatic heterocycles. The van der Waals surface area contributed by atoms with Gasteiger partial charge in [0.15, 0.2) is 17.4 Å². The molecule has 2 aromatic rings. The van der Waals surface area contributed by atoms with Gasteiger partial charge in [-0.25, -0.2) is 13.6 Å². The average molecular weight is 324 g/mol. The van der Waals surface area contributed by atoms with Crippen LogP contribution in [0, 0.1) is 25.5 Å². The highest BCUT2D eigenvalue weighted by Gasteiger charge is 2.16. The largest absolute Gasteiger partial charge is 0.491 e. The predicted molar refractivity (Wildman–Crippen MR) is 82.9 cm³/mol. The Morgan fingerprint density at radius 1 is 1.26 bits per heavy atom. The molecule has 2 amide bonds. The average Bonchev–Trinajstić information content (AvgIpc) is 2.74. The van der Waals surface area contributed by atoms with Crippen molar-refractivity contribution in [1.29, 1.82) is 0 Å². The molecule has 23 heavy (non-hydrogen) atoms. The lowest BCUT2D eigenvalue weighted by Gasteiger charge is -2.10. The maximum Gasteiger partial charge on any atom is 0.323 e. The van der Waals surface area contributed by atoms with Crippen molar-refractivity contribution in [2.45, 2.75) is 27.3 Å². The number of nitrogens with zero attached hydrogens (tertiary/aromatic N) is 2. The van der Waals surface area contributed by atoms with Crippen LogP contribution in [0.25, 0.3) is 0 Å². The second-order valence-corrected chi connectivity index (χ2v) is 4.91. The Kier molecular flexibility index (Phi) is 4.83. The molecule has 0 aliphatic heterocycles. The molecule has 0 radical (unpaired) electrons. The minimum absolute atomic E-state index is 0.0171. The molecule has 0 aliphatic rings. The lowest BCUT2D eigenvalue weighted by Crippen LogP contribution is -2.20. The quantitative estimate of drug-likeness (QED) is 0.905. The molecule has 8 heteroatoms. The van der Waals surface area contributed by atoms with Gasteiger partial charge in [-0.1, -0.05) is 0 Å². The van der Waals surface area contributed by atoms with Crippen LogP contribution < -0.4 is 15.4 Å². The summed E-state index contributed by atoms with van der Waals surface area (Å²) in [6.07, 6.45) is 0. The van der Waals surface area contributed by atoms with E-state index in [-0.39, 0.29) is 5.69 Å². The number of benzene rings is 1. The van der Waals surface area contributed by atoms with Gasteiger partial charge in [-0.15, -0.1) is 0 Å². The third kappa shape index (κ3) is 3.41. The van der Waals surface area contributed by atoms with Crippen LogP contribution in [0.2, 0.25) is 0 Å². The van der Waals surface area contributed by atoms with Gasteiger partial charge < -0.3 is 15.4 Å². The van der Waals surface area contributed by atoms with Crippen LogP contribution in [0.5, 0.6) is 5.75 Å². The normalized spacial score (nSPS) is 10.5. The van der Waals surface area contributed by atoms with Gasteiger partial charge in [0.1, 0.15) is 0 Å². The van der Waals surface area contributed by atoms with Crippen LogP contribution in [-0.2, 0) is 6.54 Å². The highest BCUT2D eigenvalue weighted by Crippen LogP contribution is 2.25. The highest BCUT2D eigenvalue weighted by atomic mass is 19.1. The van der Waals surface area contributed by atoms with Crippen molar-refractivity contribution in [1.82, 2.24) is 9.78 Å². The first kappa shape index (κ1) is 16.7. The van der Waals surface area contributed by atoms with Gasteiger partial charge in [-0.2, -0.15) is 5.10 Å². The number of carbonyl (C=O) groups is 1. The van der Waals surface area contributed by atoms with E-state index in [9.17, 15) is 13.6 Å². The second kappa shape index (κ2) is 6.64. The monoisotopic (exact) mass is 324 g/mol. The zero-order valence-corrected chi connectivity index (χ0v) is 13.3. The minimum atomic E-state index is -0.894. The Morgan fingerprint density at radius 2 is 1.87 bits per heavy atom. The third-order valence-corrected chi connectivity index (χ3v) is 3.38. The van der Waals surface area contributed by atoms with Crippen molar-refractivity contribution in [3.63, 3.8) is 0 Å². The molecule has 1 aromatic carbocycles. The first-order valence-corrected chi connectivity index (χ1v) is 7.02. The number of nitrogens with one attached hydrogen (secondary N) is 2. The number of hydrogen-bond donors (Lipinski definition) is 2. The Morgan fingerprint density at radius 3 is 2.35 bits per heavy atom. The molecule has 0 atom stereocenters. The number of halogens is 2. The maximum absolute atomic E-state index is 13.6. The number of anilines is 2. The third-order valence-electron chi connectivity index (χ3n) is 3.38. The van der Waals surface area contributed by atoms with Crippen molar-refractivity contribution in [3.05, 3.63) is 35.2 Å². The molecule has 0 unspecified atom stereocenters. The van der Waals surface area contributed by atoms with Crippen LogP contribution in [0.4, 0.5) is 25.0 Å². The van der Waals surface area contributed by atoms with Crippen molar-refractivity contribution in [2.24, 2.45) is 0 Å². The topological polar surface area (TPSA) is 68.2 Å². The van der Waals surface area contributed by atoms with Gasteiger partial charge in [0.25, 0.3) is 0 Å². The fraction of sp³-hybridized carbons (Fsp3) is 0.333. The van der Waals surface area contributed by atoms with Crippen LogP contribution >= 0.6 is 0 Å². The number of amides is 2. The fourth-order valence-corrected chi connectivity index (χ4v) is 2.29. The maximum atomic E-state index is 13.6. The van der Waals surface area contributed by atoms with E-state index in [0.717, 1.165) is 24.9 Å². The molecule has 0 fully saturated rings. The SMILES string of the molecule is CCn1nc(C)c(NC(=O)Nc2cc(F)c(OC)c(F)c2)c1C. The van der Waals surface area contributed by atoms with E-state index in [4.69, 9.17) is 0 Å². The van der Waals surface area contributed by atoms with Gasteiger partial charge >= 0.3 is 6.03 Å². The van der Waals surface area contributed by atoms with E-state index in [1.54, 1.807) is 11.6 Å². The first-order valence-electron chi connectivity index (χ1n) is 7.02. The van der Waals surface area contributed by atoms with E-state index in [1.165, 1.54) is 0 Å². The summed E-state index contributed by atoms with van der Waals surface area (Å²) in [4.78, 5) is 12.0. The zero-order chi connectivity index (χ0) is 17.1. The molecule has 0 bridgehead atoms. The molecule has 124 valence electrons. The second-order valence-electron chi connectivity index (χ2n) is 4.91. The van der Waals surface area contributed by atoms with E-state index in [2.05, 4.69) is 20.5 Å². The summed E-state index contributed by atoms with van der Waals surface area (Å²) < 4.78 is 33.6. The lowest BCUT2D eigenvalue weighted by molar-refractivity contribution is 0.262. The Labute approximate surface area is 132 Å². The summed E-state index contributed by atoms with van der Waals surface area (Å²) in [5, 5.41) is 9.30. The van der Waals surface area contributed by atoms with E-state index >= 15 is 0 Å². The number of hydrogen-bond acceptors (Lipinski definition) is 3. The van der Waals surface area contributed by atoms with Crippen LogP contribution in [-0.4, -0.2) is 22.9 Å². The molecular weight excluding hydrogens is 306 g/mol. The molecular formula is C15H18F2N4O2. The molecule has 2 N–H and O–H groups in total. The summed E-state index contributed by atoms with van der Waals surface area (Å²) in [5.74, 6) is -2.28. The van der Waals surface area contributed by atoms with Gasteiger partial charge in [0.2, 0.25) is 0 Å². The number of rotatable bonds is 4. The molecule has 0 spiro atoms. The van der Waals surface area contributed by atoms with Crippen LogP contribution in [0.1, 0.15) is 18.3 Å². The number of aryl methyl sites for hydroxylation is 2. The first-order chi connectivity index (χ1) is 10.9. The fourth-order valence-electron chi connectivity index (χ4n) is 2.29. The number of carbonyl (C=O) groups excluding carboxylic acids is 1. The van der Waals surface area contributed by atoms with Gasteiger partial charge in [0, 0.05) is 24.4 Å². The smallest absolute Gasteiger partial charge is 0.323 e. The van der Waals surface area contributed by atoms with Crippen molar-refractivity contribution in [2.75, 3.05) is 17.7 Å². The van der Waals surface area contributed by atoms with Crippen LogP contribution in [0.3, 0.4) is 0 Å². The molecule has 6 nitrogen and oxygen atoms in total. The number of aromatic nitrogens is 2. The predicted octanol–water partition coefficient (Wildman–Crippen LogP) is 3.45. The van der Waals surface area contributed by atoms with Crippen LogP contribution in [0.15, 0.2) is 12.1 Å². The summed E-state index contributed by atoms with van der Waals surface area (Å²) in [7, 11) is 1.16. The molecule has 0 saturated heterocycles.